The summed E-state index contributed by atoms with van der Waals surface area (Å²) in [5.74, 6) is -1.94. The Hall–Kier alpha value is -1.63. The van der Waals surface area contributed by atoms with Gasteiger partial charge in [0.25, 0.3) is 0 Å². The number of primary amides is 2. The number of amides is 3. The maximum Gasteiger partial charge on any atom is 0.240 e. The standard InChI is InChI=1S/C7H14N4O3/c8-2-1-6(13)11-4(7(10)14)3-5(9)12/h4H,1-3,8H2,(H2,9,12)(H2,10,14)(H,11,13). The summed E-state index contributed by atoms with van der Waals surface area (Å²) >= 11 is 0. The molecule has 0 heterocycles. The molecule has 7 heteroatoms. The summed E-state index contributed by atoms with van der Waals surface area (Å²) < 4.78 is 0. The van der Waals surface area contributed by atoms with Crippen LogP contribution >= 0.6 is 0 Å². The van der Waals surface area contributed by atoms with E-state index in [1.54, 1.807) is 0 Å². The summed E-state index contributed by atoms with van der Waals surface area (Å²) in [6, 6.07) is -1.05. The molecule has 7 N–H and O–H groups in total. The van der Waals surface area contributed by atoms with Crippen molar-refractivity contribution in [1.29, 1.82) is 0 Å². The normalized spacial score (nSPS) is 11.8. The van der Waals surface area contributed by atoms with E-state index in [9.17, 15) is 14.4 Å². The van der Waals surface area contributed by atoms with Gasteiger partial charge in [-0.2, -0.15) is 0 Å². The van der Waals surface area contributed by atoms with E-state index in [0.717, 1.165) is 0 Å². The molecule has 0 rings (SSSR count). The lowest BCUT2D eigenvalue weighted by Crippen LogP contribution is -2.46. The van der Waals surface area contributed by atoms with Gasteiger partial charge < -0.3 is 22.5 Å². The fraction of sp³-hybridized carbons (Fsp3) is 0.571. The van der Waals surface area contributed by atoms with Crippen LogP contribution < -0.4 is 22.5 Å². The molecule has 3 amide bonds. The van der Waals surface area contributed by atoms with Crippen molar-refractivity contribution in [2.24, 2.45) is 17.2 Å². The molecule has 7 nitrogen and oxygen atoms in total. The molecule has 0 aromatic rings. The molecule has 1 unspecified atom stereocenters. The lowest BCUT2D eigenvalue weighted by molar-refractivity contribution is -0.129. The first kappa shape index (κ1) is 12.4. The zero-order valence-corrected chi connectivity index (χ0v) is 7.66. The minimum atomic E-state index is -1.05. The topological polar surface area (TPSA) is 141 Å². The van der Waals surface area contributed by atoms with Gasteiger partial charge in [-0.1, -0.05) is 0 Å². The molecular formula is C7H14N4O3. The first-order valence-corrected chi connectivity index (χ1v) is 4.04. The van der Waals surface area contributed by atoms with Gasteiger partial charge in [-0.3, -0.25) is 14.4 Å². The molecule has 0 saturated heterocycles. The lowest BCUT2D eigenvalue weighted by Gasteiger charge is -2.12. The van der Waals surface area contributed by atoms with Crippen LogP contribution in [0.1, 0.15) is 12.8 Å². The van der Waals surface area contributed by atoms with E-state index >= 15 is 0 Å². The van der Waals surface area contributed by atoms with E-state index in [4.69, 9.17) is 17.2 Å². The number of hydrogen-bond acceptors (Lipinski definition) is 4. The lowest BCUT2D eigenvalue weighted by atomic mass is 10.2. The Balaban J connectivity index is 4.16. The summed E-state index contributed by atoms with van der Waals surface area (Å²) in [7, 11) is 0. The quantitative estimate of drug-likeness (QED) is 0.368. The van der Waals surface area contributed by atoms with Crippen LogP contribution in [0.3, 0.4) is 0 Å². The van der Waals surface area contributed by atoms with Gasteiger partial charge in [-0.05, 0) is 0 Å². The minimum Gasteiger partial charge on any atom is -0.370 e. The van der Waals surface area contributed by atoms with E-state index in [0.29, 0.717) is 0 Å². The van der Waals surface area contributed by atoms with Crippen LogP contribution in [0.25, 0.3) is 0 Å². The van der Waals surface area contributed by atoms with Gasteiger partial charge in [0.2, 0.25) is 17.7 Å². The molecule has 0 aliphatic heterocycles. The van der Waals surface area contributed by atoms with Gasteiger partial charge >= 0.3 is 0 Å². The Morgan fingerprint density at radius 3 is 2.14 bits per heavy atom. The number of nitrogens with one attached hydrogen (secondary N) is 1. The zero-order chi connectivity index (χ0) is 11.1. The Kier molecular flexibility index (Phi) is 5.23. The molecule has 0 aromatic heterocycles. The average molecular weight is 202 g/mol. The highest BCUT2D eigenvalue weighted by atomic mass is 16.2. The summed E-state index contributed by atoms with van der Waals surface area (Å²) in [4.78, 5) is 32.2. The third-order valence-corrected chi connectivity index (χ3v) is 1.46. The van der Waals surface area contributed by atoms with Gasteiger partial charge in [0, 0.05) is 13.0 Å². The van der Waals surface area contributed by atoms with Crippen molar-refractivity contribution in [2.45, 2.75) is 18.9 Å². The zero-order valence-electron chi connectivity index (χ0n) is 7.66. The molecule has 0 aliphatic carbocycles. The molecule has 0 aromatic carbocycles. The first-order valence-electron chi connectivity index (χ1n) is 4.04. The molecule has 0 fully saturated rings. The van der Waals surface area contributed by atoms with Crippen molar-refractivity contribution < 1.29 is 14.4 Å². The highest BCUT2D eigenvalue weighted by Crippen LogP contribution is 1.91. The van der Waals surface area contributed by atoms with E-state index < -0.39 is 23.8 Å². The molecule has 0 bridgehead atoms. The van der Waals surface area contributed by atoms with Crippen molar-refractivity contribution in [3.05, 3.63) is 0 Å². The van der Waals surface area contributed by atoms with Crippen LogP contribution in [0.5, 0.6) is 0 Å². The maximum atomic E-state index is 11.0. The SMILES string of the molecule is NCCC(=O)NC(CC(N)=O)C(N)=O. The average Bonchev–Trinajstić information content (AvgIpc) is 2.02. The molecule has 0 saturated carbocycles. The van der Waals surface area contributed by atoms with Crippen LogP contribution in [0.15, 0.2) is 0 Å². The second kappa shape index (κ2) is 5.92. The largest absolute Gasteiger partial charge is 0.370 e. The molecule has 0 spiro atoms. The van der Waals surface area contributed by atoms with Crippen molar-refractivity contribution in [1.82, 2.24) is 5.32 Å². The fourth-order valence-corrected chi connectivity index (χ4v) is 0.822. The van der Waals surface area contributed by atoms with Crippen LogP contribution in [0.2, 0.25) is 0 Å². The molecule has 14 heavy (non-hydrogen) atoms. The van der Waals surface area contributed by atoms with Crippen molar-refractivity contribution in [3.63, 3.8) is 0 Å². The van der Waals surface area contributed by atoms with Crippen LogP contribution in [-0.4, -0.2) is 30.3 Å². The van der Waals surface area contributed by atoms with Gasteiger partial charge in [-0.15, -0.1) is 0 Å². The third-order valence-electron chi connectivity index (χ3n) is 1.46. The number of rotatable bonds is 6. The predicted octanol–water partition coefficient (Wildman–Crippen LogP) is -2.82. The smallest absolute Gasteiger partial charge is 0.240 e. The molecule has 80 valence electrons. The molecule has 1 atom stereocenters. The Morgan fingerprint density at radius 1 is 1.21 bits per heavy atom. The number of hydrogen-bond donors (Lipinski definition) is 4. The summed E-state index contributed by atoms with van der Waals surface area (Å²) in [5.41, 5.74) is 14.9. The highest BCUT2D eigenvalue weighted by molar-refractivity contribution is 5.90. The van der Waals surface area contributed by atoms with Gasteiger partial charge in [0.15, 0.2) is 0 Å². The first-order chi connectivity index (χ1) is 6.47. The molecule has 0 radical (unpaired) electrons. The van der Waals surface area contributed by atoms with Gasteiger partial charge in [0.1, 0.15) is 6.04 Å². The maximum absolute atomic E-state index is 11.0. The Labute approximate surface area is 81.0 Å². The van der Waals surface area contributed by atoms with E-state index in [1.807, 2.05) is 0 Å². The Morgan fingerprint density at radius 2 is 1.79 bits per heavy atom. The van der Waals surface area contributed by atoms with Gasteiger partial charge in [-0.25, -0.2) is 0 Å². The second-order valence-corrected chi connectivity index (χ2v) is 2.73. The van der Waals surface area contributed by atoms with E-state index in [-0.39, 0.29) is 19.4 Å². The molecular weight excluding hydrogens is 188 g/mol. The third kappa shape index (κ3) is 5.09. The summed E-state index contributed by atoms with van der Waals surface area (Å²) in [6.07, 6.45) is -0.228. The molecule has 0 aliphatic rings. The minimum absolute atomic E-state index is 0.0720. The Bertz CT molecular complexity index is 241. The highest BCUT2D eigenvalue weighted by Gasteiger charge is 2.19. The fourth-order valence-electron chi connectivity index (χ4n) is 0.822. The van der Waals surface area contributed by atoms with Crippen LogP contribution in [0, 0.1) is 0 Å². The summed E-state index contributed by atoms with van der Waals surface area (Å²) in [5, 5.41) is 2.25. The van der Waals surface area contributed by atoms with E-state index in [2.05, 4.69) is 5.32 Å². The van der Waals surface area contributed by atoms with Gasteiger partial charge in [0.05, 0.1) is 6.42 Å². The monoisotopic (exact) mass is 202 g/mol. The van der Waals surface area contributed by atoms with E-state index in [1.165, 1.54) is 0 Å². The van der Waals surface area contributed by atoms with Crippen molar-refractivity contribution in [2.75, 3.05) is 6.54 Å². The van der Waals surface area contributed by atoms with Crippen LogP contribution in [0.4, 0.5) is 0 Å². The van der Waals surface area contributed by atoms with Crippen LogP contribution in [-0.2, 0) is 14.4 Å². The number of nitrogens with two attached hydrogens (primary N) is 3. The van der Waals surface area contributed by atoms with Crippen molar-refractivity contribution >= 4 is 17.7 Å². The van der Waals surface area contributed by atoms with Crippen molar-refractivity contribution in [3.8, 4) is 0 Å². The second-order valence-electron chi connectivity index (χ2n) is 2.73. The predicted molar refractivity (Wildman–Crippen MR) is 48.6 cm³/mol. The number of carbonyl (C=O) groups is 3. The number of carbonyl (C=O) groups excluding carboxylic acids is 3. The summed E-state index contributed by atoms with van der Waals surface area (Å²) in [6.45, 7) is 0.161.